The molecule has 1 atom stereocenters. The van der Waals surface area contributed by atoms with Crippen LogP contribution in [0.15, 0.2) is 48.6 Å². The van der Waals surface area contributed by atoms with E-state index in [9.17, 15) is 14.9 Å². The van der Waals surface area contributed by atoms with E-state index in [2.05, 4.69) is 65.1 Å². The zero-order chi connectivity index (χ0) is 31.3. The van der Waals surface area contributed by atoms with Crippen LogP contribution in [0.1, 0.15) is 118 Å². The van der Waals surface area contributed by atoms with Crippen molar-refractivity contribution in [2.45, 2.75) is 142 Å². The molecule has 0 N–H and O–H groups in total. The van der Waals surface area contributed by atoms with Crippen molar-refractivity contribution < 1.29 is 23.6 Å². The standard InChI is InChI=1S/C34H57NO6Si/c1-7-8-9-10-11-12-13-14-15-16-17-18-19-20-21-22-23-31(28-29-39-42(5,6)34(2,3)4)40-33(36)41-32-26-24-30(25-27-32)35(37)38/h11-12,14-15,24-27,31H,7-10,13,16-23,28-29H2,1-6H3/b12-11-,15-14-. The van der Waals surface area contributed by atoms with Gasteiger partial charge in [-0.3, -0.25) is 10.1 Å². The van der Waals surface area contributed by atoms with E-state index in [1.165, 1.54) is 75.6 Å². The average molecular weight is 604 g/mol. The van der Waals surface area contributed by atoms with E-state index in [0.717, 1.165) is 32.1 Å². The molecule has 0 aromatic heterocycles. The molecule has 1 rings (SSSR count). The van der Waals surface area contributed by atoms with Crippen molar-refractivity contribution >= 4 is 20.2 Å². The molecule has 1 aromatic carbocycles. The van der Waals surface area contributed by atoms with Gasteiger partial charge in [0.05, 0.1) is 4.92 Å². The van der Waals surface area contributed by atoms with Gasteiger partial charge < -0.3 is 13.9 Å². The van der Waals surface area contributed by atoms with E-state index in [-0.39, 0.29) is 22.6 Å². The highest BCUT2D eigenvalue weighted by molar-refractivity contribution is 6.74. The highest BCUT2D eigenvalue weighted by atomic mass is 28.4. The summed E-state index contributed by atoms with van der Waals surface area (Å²) in [5, 5.41) is 11.0. The molecule has 1 unspecified atom stereocenters. The summed E-state index contributed by atoms with van der Waals surface area (Å²) in [6.07, 6.45) is 23.6. The Hall–Kier alpha value is -2.45. The molecule has 0 spiro atoms. The number of nitro benzene ring substituents is 1. The maximum absolute atomic E-state index is 12.5. The number of hydrogen-bond acceptors (Lipinski definition) is 6. The van der Waals surface area contributed by atoms with Crippen LogP contribution < -0.4 is 4.74 Å². The van der Waals surface area contributed by atoms with Crippen LogP contribution in [0.3, 0.4) is 0 Å². The minimum absolute atomic E-state index is 0.0613. The second-order valence-corrected chi connectivity index (χ2v) is 17.4. The molecule has 0 heterocycles. The third-order valence-electron chi connectivity index (χ3n) is 7.95. The summed E-state index contributed by atoms with van der Waals surface area (Å²) in [5.74, 6) is 0.218. The third-order valence-corrected chi connectivity index (χ3v) is 12.5. The highest BCUT2D eigenvalue weighted by Crippen LogP contribution is 2.36. The number of allylic oxidation sites excluding steroid dienone is 4. The highest BCUT2D eigenvalue weighted by Gasteiger charge is 2.37. The Kier molecular flexibility index (Phi) is 19.0. The fourth-order valence-electron chi connectivity index (χ4n) is 4.18. The molecule has 0 aliphatic rings. The summed E-state index contributed by atoms with van der Waals surface area (Å²) < 4.78 is 17.3. The van der Waals surface area contributed by atoms with Crippen LogP contribution in [-0.2, 0) is 9.16 Å². The first-order valence-corrected chi connectivity index (χ1v) is 18.9. The lowest BCUT2D eigenvalue weighted by atomic mass is 10.0. The summed E-state index contributed by atoms with van der Waals surface area (Å²) in [6.45, 7) is 13.8. The normalized spacial score (nSPS) is 13.1. The molecule has 0 saturated heterocycles. The Morgan fingerprint density at radius 1 is 0.881 bits per heavy atom. The lowest BCUT2D eigenvalue weighted by Crippen LogP contribution is -2.41. The average Bonchev–Trinajstić information content (AvgIpc) is 2.92. The summed E-state index contributed by atoms with van der Waals surface area (Å²) in [6, 6.07) is 5.41. The lowest BCUT2D eigenvalue weighted by molar-refractivity contribution is -0.384. The fourth-order valence-corrected chi connectivity index (χ4v) is 5.24. The van der Waals surface area contributed by atoms with Crippen LogP contribution in [0.25, 0.3) is 0 Å². The number of unbranched alkanes of at least 4 members (excludes halogenated alkanes) is 9. The van der Waals surface area contributed by atoms with Gasteiger partial charge in [0.2, 0.25) is 0 Å². The van der Waals surface area contributed by atoms with Gasteiger partial charge in [-0.15, -0.1) is 0 Å². The van der Waals surface area contributed by atoms with Gasteiger partial charge in [-0.05, 0) is 75.2 Å². The van der Waals surface area contributed by atoms with E-state index in [1.807, 2.05) is 0 Å². The van der Waals surface area contributed by atoms with Gasteiger partial charge in [0, 0.05) is 25.2 Å². The van der Waals surface area contributed by atoms with Crippen molar-refractivity contribution in [1.82, 2.24) is 0 Å². The number of carbonyl (C=O) groups excluding carboxylic acids is 1. The predicted molar refractivity (Wildman–Crippen MR) is 176 cm³/mol. The predicted octanol–water partition coefficient (Wildman–Crippen LogP) is 11.1. The lowest BCUT2D eigenvalue weighted by Gasteiger charge is -2.36. The largest absolute Gasteiger partial charge is 0.514 e. The second-order valence-electron chi connectivity index (χ2n) is 12.6. The minimum Gasteiger partial charge on any atom is -0.431 e. The van der Waals surface area contributed by atoms with Crippen LogP contribution in [0, 0.1) is 10.1 Å². The number of rotatable bonds is 22. The Bertz CT molecular complexity index is 936. The first-order valence-electron chi connectivity index (χ1n) is 16.0. The molecule has 0 amide bonds. The van der Waals surface area contributed by atoms with Crippen LogP contribution in [-0.4, -0.2) is 32.1 Å². The number of benzene rings is 1. The Morgan fingerprint density at radius 2 is 1.45 bits per heavy atom. The van der Waals surface area contributed by atoms with E-state index < -0.39 is 19.4 Å². The second kappa shape index (κ2) is 21.3. The maximum Gasteiger partial charge on any atom is 0.514 e. The Labute approximate surface area is 256 Å². The fraction of sp³-hybridized carbons (Fsp3) is 0.676. The van der Waals surface area contributed by atoms with Crippen molar-refractivity contribution in [3.8, 4) is 5.75 Å². The van der Waals surface area contributed by atoms with E-state index in [4.69, 9.17) is 13.9 Å². The number of nitro groups is 1. The van der Waals surface area contributed by atoms with Crippen molar-refractivity contribution in [2.24, 2.45) is 0 Å². The summed E-state index contributed by atoms with van der Waals surface area (Å²) >= 11 is 0. The molecule has 0 fully saturated rings. The third kappa shape index (κ3) is 17.5. The monoisotopic (exact) mass is 603 g/mol. The topological polar surface area (TPSA) is 87.9 Å². The SMILES string of the molecule is CCCCC/C=C\C/C=C\CCCCCCCCC(CCO[Si](C)(C)C(C)(C)C)OC(=O)Oc1ccc([N+](=O)[O-])cc1. The summed E-state index contributed by atoms with van der Waals surface area (Å²) in [4.78, 5) is 22.9. The molecule has 0 aliphatic carbocycles. The molecule has 0 radical (unpaired) electrons. The molecule has 1 aromatic rings. The van der Waals surface area contributed by atoms with E-state index in [1.54, 1.807) is 0 Å². The van der Waals surface area contributed by atoms with Gasteiger partial charge in [-0.2, -0.15) is 0 Å². The van der Waals surface area contributed by atoms with E-state index in [0.29, 0.717) is 13.0 Å². The van der Waals surface area contributed by atoms with Crippen LogP contribution >= 0.6 is 0 Å². The van der Waals surface area contributed by atoms with Crippen molar-refractivity contribution in [3.05, 3.63) is 58.7 Å². The van der Waals surface area contributed by atoms with Gasteiger partial charge in [0.1, 0.15) is 11.9 Å². The molecule has 42 heavy (non-hydrogen) atoms. The molecule has 0 bridgehead atoms. The zero-order valence-electron chi connectivity index (χ0n) is 27.2. The number of ether oxygens (including phenoxy) is 2. The quantitative estimate of drug-likeness (QED) is 0.0249. The van der Waals surface area contributed by atoms with Gasteiger partial charge in [-0.1, -0.05) is 90.5 Å². The van der Waals surface area contributed by atoms with Crippen molar-refractivity contribution in [2.75, 3.05) is 6.61 Å². The summed E-state index contributed by atoms with van der Waals surface area (Å²) in [7, 11) is -1.90. The molecular formula is C34H57NO6Si. The van der Waals surface area contributed by atoms with Crippen LogP contribution in [0.4, 0.5) is 10.5 Å². The van der Waals surface area contributed by atoms with Gasteiger partial charge >= 0.3 is 6.16 Å². The molecule has 238 valence electrons. The summed E-state index contributed by atoms with van der Waals surface area (Å²) in [5.41, 5.74) is -0.0613. The van der Waals surface area contributed by atoms with Crippen LogP contribution in [0.5, 0.6) is 5.75 Å². The maximum atomic E-state index is 12.5. The number of hydrogen-bond donors (Lipinski definition) is 0. The van der Waals surface area contributed by atoms with Gasteiger partial charge in [0.25, 0.3) is 5.69 Å². The molecule has 8 heteroatoms. The first kappa shape index (κ1) is 37.6. The molecule has 0 aliphatic heterocycles. The Morgan fingerprint density at radius 3 is 2.02 bits per heavy atom. The molecular weight excluding hydrogens is 546 g/mol. The molecule has 7 nitrogen and oxygen atoms in total. The smallest absolute Gasteiger partial charge is 0.431 e. The van der Waals surface area contributed by atoms with Crippen molar-refractivity contribution in [1.29, 1.82) is 0 Å². The van der Waals surface area contributed by atoms with Crippen molar-refractivity contribution in [3.63, 3.8) is 0 Å². The number of non-ortho nitro benzene ring substituents is 1. The van der Waals surface area contributed by atoms with Crippen LogP contribution in [0.2, 0.25) is 18.1 Å². The van der Waals surface area contributed by atoms with E-state index >= 15 is 0 Å². The first-order chi connectivity index (χ1) is 20.0. The number of nitrogens with zero attached hydrogens (tertiary/aromatic N) is 1. The van der Waals surface area contributed by atoms with Gasteiger partial charge in [0.15, 0.2) is 8.32 Å². The minimum atomic E-state index is -1.90. The number of carbonyl (C=O) groups is 1. The Balaban J connectivity index is 2.39. The zero-order valence-corrected chi connectivity index (χ0v) is 28.2. The molecule has 0 saturated carbocycles. The van der Waals surface area contributed by atoms with Gasteiger partial charge in [-0.25, -0.2) is 4.79 Å².